The molecule has 0 aliphatic carbocycles. The van der Waals surface area contributed by atoms with Crippen LogP contribution < -0.4 is 20.9 Å². The van der Waals surface area contributed by atoms with Gasteiger partial charge in [-0.05, 0) is 42.7 Å². The molecule has 1 aliphatic heterocycles. The van der Waals surface area contributed by atoms with E-state index in [1.165, 1.54) is 12.1 Å². The van der Waals surface area contributed by atoms with Crippen LogP contribution in [0.5, 0.6) is 0 Å². The van der Waals surface area contributed by atoms with Crippen molar-refractivity contribution >= 4 is 17.6 Å². The van der Waals surface area contributed by atoms with Crippen molar-refractivity contribution < 1.29 is 13.6 Å². The molecule has 0 saturated carbocycles. The van der Waals surface area contributed by atoms with Gasteiger partial charge in [-0.1, -0.05) is 12.1 Å². The fourth-order valence-electron chi connectivity index (χ4n) is 3.56. The van der Waals surface area contributed by atoms with E-state index in [1.54, 1.807) is 20.2 Å². The lowest BCUT2D eigenvalue weighted by Crippen LogP contribution is -2.45. The van der Waals surface area contributed by atoms with Gasteiger partial charge in [0.1, 0.15) is 11.6 Å². The van der Waals surface area contributed by atoms with E-state index < -0.39 is 11.6 Å². The topological polar surface area (TPSA) is 68.8 Å². The van der Waals surface area contributed by atoms with Gasteiger partial charge in [-0.2, -0.15) is 0 Å². The van der Waals surface area contributed by atoms with E-state index in [1.807, 2.05) is 23.1 Å². The maximum absolute atomic E-state index is 14.0. The molecule has 1 fully saturated rings. The Morgan fingerprint density at radius 1 is 1.23 bits per heavy atom. The van der Waals surface area contributed by atoms with Gasteiger partial charge in [0, 0.05) is 51.4 Å². The minimum atomic E-state index is -0.574. The van der Waals surface area contributed by atoms with Gasteiger partial charge in [0.2, 0.25) is 0 Å². The van der Waals surface area contributed by atoms with Gasteiger partial charge in [-0.15, -0.1) is 0 Å². The standard InChI is InChI=1S/C22H27F2N5O/c1-25-21(30)16-5-3-4-15(12-16)8-10-27-22(26-2)28-18-9-11-29(14-18)20-7-6-17(23)13-19(20)24/h3-7,12-13,18H,8-11,14H2,1-2H3,(H,25,30)(H2,26,27,28). The van der Waals surface area contributed by atoms with Crippen molar-refractivity contribution in [1.82, 2.24) is 16.0 Å². The summed E-state index contributed by atoms with van der Waals surface area (Å²) in [5.74, 6) is -0.553. The number of rotatable bonds is 6. The number of nitrogens with one attached hydrogen (secondary N) is 3. The molecule has 0 radical (unpaired) electrons. The van der Waals surface area contributed by atoms with Crippen LogP contribution in [-0.4, -0.2) is 51.6 Å². The van der Waals surface area contributed by atoms with Gasteiger partial charge < -0.3 is 20.9 Å². The zero-order valence-electron chi connectivity index (χ0n) is 17.2. The van der Waals surface area contributed by atoms with Crippen LogP contribution in [0.4, 0.5) is 14.5 Å². The normalized spacial score (nSPS) is 16.5. The number of benzene rings is 2. The van der Waals surface area contributed by atoms with E-state index >= 15 is 0 Å². The molecule has 0 aromatic heterocycles. The lowest BCUT2D eigenvalue weighted by Gasteiger charge is -2.21. The molecule has 0 bridgehead atoms. The molecular weight excluding hydrogens is 388 g/mol. The minimum absolute atomic E-state index is 0.106. The van der Waals surface area contributed by atoms with Crippen molar-refractivity contribution in [2.24, 2.45) is 4.99 Å². The summed E-state index contributed by atoms with van der Waals surface area (Å²) in [6, 6.07) is 11.3. The second kappa shape index (κ2) is 10.0. The number of anilines is 1. The van der Waals surface area contributed by atoms with E-state index in [0.29, 0.717) is 36.8 Å². The van der Waals surface area contributed by atoms with Crippen molar-refractivity contribution in [1.29, 1.82) is 0 Å². The highest BCUT2D eigenvalue weighted by Gasteiger charge is 2.25. The number of carbonyl (C=O) groups excluding carboxylic acids is 1. The smallest absolute Gasteiger partial charge is 0.251 e. The molecule has 3 N–H and O–H groups in total. The number of carbonyl (C=O) groups is 1. The molecule has 1 unspecified atom stereocenters. The van der Waals surface area contributed by atoms with E-state index in [2.05, 4.69) is 20.9 Å². The van der Waals surface area contributed by atoms with Gasteiger partial charge in [0.25, 0.3) is 5.91 Å². The predicted octanol–water partition coefficient (Wildman–Crippen LogP) is 2.31. The van der Waals surface area contributed by atoms with E-state index in [0.717, 1.165) is 24.5 Å². The lowest BCUT2D eigenvalue weighted by atomic mass is 10.1. The van der Waals surface area contributed by atoms with Crippen molar-refractivity contribution in [3.63, 3.8) is 0 Å². The number of nitrogens with zero attached hydrogens (tertiary/aromatic N) is 2. The first-order chi connectivity index (χ1) is 14.5. The molecule has 160 valence electrons. The highest BCUT2D eigenvalue weighted by molar-refractivity contribution is 5.94. The quantitative estimate of drug-likeness (QED) is 0.500. The van der Waals surface area contributed by atoms with Gasteiger partial charge in [-0.25, -0.2) is 8.78 Å². The summed E-state index contributed by atoms with van der Waals surface area (Å²) in [4.78, 5) is 17.9. The number of halogens is 2. The molecule has 1 heterocycles. The summed E-state index contributed by atoms with van der Waals surface area (Å²) in [7, 11) is 3.31. The first-order valence-corrected chi connectivity index (χ1v) is 9.98. The summed E-state index contributed by atoms with van der Waals surface area (Å²) in [6.45, 7) is 1.95. The molecule has 3 rings (SSSR count). The maximum atomic E-state index is 14.0. The first kappa shape index (κ1) is 21.5. The number of guanidine groups is 1. The predicted molar refractivity (Wildman–Crippen MR) is 115 cm³/mol. The zero-order valence-corrected chi connectivity index (χ0v) is 17.2. The van der Waals surface area contributed by atoms with Crippen LogP contribution in [0.15, 0.2) is 47.5 Å². The van der Waals surface area contributed by atoms with Crippen molar-refractivity contribution in [3.8, 4) is 0 Å². The molecule has 6 nitrogen and oxygen atoms in total. The molecule has 0 spiro atoms. The first-order valence-electron chi connectivity index (χ1n) is 9.98. The van der Waals surface area contributed by atoms with Crippen LogP contribution in [0.3, 0.4) is 0 Å². The maximum Gasteiger partial charge on any atom is 0.251 e. The van der Waals surface area contributed by atoms with E-state index in [4.69, 9.17) is 0 Å². The molecule has 1 atom stereocenters. The lowest BCUT2D eigenvalue weighted by molar-refractivity contribution is 0.0963. The average Bonchev–Trinajstić information content (AvgIpc) is 3.20. The van der Waals surface area contributed by atoms with Crippen LogP contribution in [-0.2, 0) is 6.42 Å². The fraction of sp³-hybridized carbons (Fsp3) is 0.364. The number of hydrogen-bond acceptors (Lipinski definition) is 3. The Labute approximate surface area is 175 Å². The summed E-state index contributed by atoms with van der Waals surface area (Å²) >= 11 is 0. The minimum Gasteiger partial charge on any atom is -0.367 e. The van der Waals surface area contributed by atoms with Crippen LogP contribution in [0.2, 0.25) is 0 Å². The zero-order chi connectivity index (χ0) is 21.5. The van der Waals surface area contributed by atoms with E-state index in [-0.39, 0.29) is 11.9 Å². The molecule has 8 heteroatoms. The van der Waals surface area contributed by atoms with Gasteiger partial charge in [-0.3, -0.25) is 9.79 Å². The average molecular weight is 415 g/mol. The highest BCUT2D eigenvalue weighted by atomic mass is 19.1. The molecular formula is C22H27F2N5O. The Kier molecular flexibility index (Phi) is 7.21. The second-order valence-corrected chi connectivity index (χ2v) is 7.20. The number of aliphatic imine (C=N–C) groups is 1. The Balaban J connectivity index is 1.49. The number of amides is 1. The fourth-order valence-corrected chi connectivity index (χ4v) is 3.56. The summed E-state index contributed by atoms with van der Waals surface area (Å²) in [6.07, 6.45) is 1.56. The monoisotopic (exact) mass is 415 g/mol. The number of hydrogen-bond donors (Lipinski definition) is 3. The Morgan fingerprint density at radius 3 is 2.80 bits per heavy atom. The molecule has 1 amide bonds. The SMILES string of the molecule is CN=C(NCCc1cccc(C(=O)NC)c1)NC1CCN(c2ccc(F)cc2F)C1. The van der Waals surface area contributed by atoms with E-state index in [9.17, 15) is 13.6 Å². The van der Waals surface area contributed by atoms with Crippen molar-refractivity contribution in [2.75, 3.05) is 38.6 Å². The van der Waals surface area contributed by atoms with Gasteiger partial charge >= 0.3 is 0 Å². The summed E-state index contributed by atoms with van der Waals surface area (Å²) in [5.41, 5.74) is 2.11. The highest BCUT2D eigenvalue weighted by Crippen LogP contribution is 2.24. The molecule has 1 aliphatic rings. The van der Waals surface area contributed by atoms with Crippen LogP contribution in [0.25, 0.3) is 0 Å². The Hall–Kier alpha value is -3.16. The van der Waals surface area contributed by atoms with Crippen LogP contribution in [0.1, 0.15) is 22.3 Å². The Bertz CT molecular complexity index is 918. The molecule has 30 heavy (non-hydrogen) atoms. The van der Waals surface area contributed by atoms with Crippen LogP contribution >= 0.6 is 0 Å². The third-order valence-electron chi connectivity index (χ3n) is 5.13. The second-order valence-electron chi connectivity index (χ2n) is 7.20. The largest absolute Gasteiger partial charge is 0.367 e. The van der Waals surface area contributed by atoms with Crippen molar-refractivity contribution in [3.05, 3.63) is 65.2 Å². The molecule has 1 saturated heterocycles. The van der Waals surface area contributed by atoms with Gasteiger partial charge in [0.15, 0.2) is 5.96 Å². The van der Waals surface area contributed by atoms with Gasteiger partial charge in [0.05, 0.1) is 5.69 Å². The molecule has 2 aromatic carbocycles. The summed E-state index contributed by atoms with van der Waals surface area (Å²) in [5, 5.41) is 9.26. The third kappa shape index (κ3) is 5.46. The third-order valence-corrected chi connectivity index (χ3v) is 5.13. The van der Waals surface area contributed by atoms with Crippen molar-refractivity contribution in [2.45, 2.75) is 18.9 Å². The molecule has 2 aromatic rings. The van der Waals surface area contributed by atoms with Crippen LogP contribution in [0, 0.1) is 11.6 Å². The summed E-state index contributed by atoms with van der Waals surface area (Å²) < 4.78 is 27.2. The Morgan fingerprint density at radius 2 is 2.07 bits per heavy atom.